The van der Waals surface area contributed by atoms with Crippen LogP contribution in [0.4, 0.5) is 18.9 Å². The van der Waals surface area contributed by atoms with Crippen molar-refractivity contribution in [3.63, 3.8) is 0 Å². The summed E-state index contributed by atoms with van der Waals surface area (Å²) in [6.45, 7) is 1.76. The quantitative estimate of drug-likeness (QED) is 0.858. The van der Waals surface area contributed by atoms with E-state index in [1.54, 1.807) is 6.07 Å². The summed E-state index contributed by atoms with van der Waals surface area (Å²) in [4.78, 5) is 12.9. The molecule has 1 rings (SSSR count). The molecule has 7 heteroatoms. The fourth-order valence-corrected chi connectivity index (χ4v) is 1.94. The van der Waals surface area contributed by atoms with E-state index in [4.69, 9.17) is 5.73 Å². The van der Waals surface area contributed by atoms with Crippen molar-refractivity contribution in [1.29, 1.82) is 0 Å². The summed E-state index contributed by atoms with van der Waals surface area (Å²) in [5.74, 6) is -0.725. The zero-order valence-electron chi connectivity index (χ0n) is 10.5. The van der Waals surface area contributed by atoms with Crippen LogP contribution >= 0.6 is 15.9 Å². The van der Waals surface area contributed by atoms with Gasteiger partial charge in [0.05, 0.1) is 5.56 Å². The van der Waals surface area contributed by atoms with E-state index in [1.807, 2.05) is 0 Å². The largest absolute Gasteiger partial charge is 0.406 e. The van der Waals surface area contributed by atoms with E-state index in [-0.39, 0.29) is 11.3 Å². The second kappa shape index (κ2) is 5.81. The van der Waals surface area contributed by atoms with E-state index < -0.39 is 24.7 Å². The van der Waals surface area contributed by atoms with Crippen LogP contribution in [0.3, 0.4) is 0 Å². The first kappa shape index (κ1) is 15.8. The Morgan fingerprint density at radius 2 is 2.00 bits per heavy atom. The number of alkyl halides is 3. The number of anilines is 1. The molecule has 0 unspecified atom stereocenters. The number of rotatable bonds is 3. The predicted molar refractivity (Wildman–Crippen MR) is 70.8 cm³/mol. The van der Waals surface area contributed by atoms with Crippen LogP contribution in [-0.4, -0.2) is 29.6 Å². The summed E-state index contributed by atoms with van der Waals surface area (Å²) >= 11 is 3.18. The van der Waals surface area contributed by atoms with E-state index in [2.05, 4.69) is 15.9 Å². The molecule has 2 N–H and O–H groups in total. The number of benzene rings is 1. The minimum Gasteiger partial charge on any atom is -0.398 e. The number of nitrogen functional groups attached to an aromatic ring is 1. The highest BCUT2D eigenvalue weighted by molar-refractivity contribution is 9.10. The molecule has 0 atom stereocenters. The monoisotopic (exact) mass is 338 g/mol. The zero-order valence-corrected chi connectivity index (χ0v) is 12.0. The average Bonchev–Trinajstić information content (AvgIpc) is 2.23. The van der Waals surface area contributed by atoms with Crippen LogP contribution in [0.25, 0.3) is 0 Å². The van der Waals surface area contributed by atoms with Crippen LogP contribution in [0.1, 0.15) is 24.2 Å². The average molecular weight is 339 g/mol. The molecule has 0 heterocycles. The van der Waals surface area contributed by atoms with Gasteiger partial charge in [-0.15, -0.1) is 0 Å². The number of carbonyl (C=O) groups excluding carboxylic acids is 1. The number of hydrogen-bond donors (Lipinski definition) is 1. The maximum absolute atomic E-state index is 12.5. The van der Waals surface area contributed by atoms with E-state index in [0.717, 1.165) is 4.90 Å². The summed E-state index contributed by atoms with van der Waals surface area (Å²) in [6.07, 6.45) is -4.44. The van der Waals surface area contributed by atoms with Crippen LogP contribution in [-0.2, 0) is 0 Å². The van der Waals surface area contributed by atoms with Gasteiger partial charge < -0.3 is 10.6 Å². The molecule has 0 spiro atoms. The van der Waals surface area contributed by atoms with Crippen LogP contribution < -0.4 is 5.73 Å². The summed E-state index contributed by atoms with van der Waals surface area (Å²) in [5, 5.41) is 0. The van der Waals surface area contributed by atoms with Gasteiger partial charge in [-0.2, -0.15) is 13.2 Å². The van der Waals surface area contributed by atoms with Gasteiger partial charge in [-0.25, -0.2) is 0 Å². The topological polar surface area (TPSA) is 46.3 Å². The number of amides is 1. The second-order valence-corrected chi connectivity index (χ2v) is 5.29. The molecule has 0 fully saturated rings. The van der Waals surface area contributed by atoms with Gasteiger partial charge in [0, 0.05) is 16.2 Å². The zero-order chi connectivity index (χ0) is 14.8. The van der Waals surface area contributed by atoms with E-state index >= 15 is 0 Å². The molecule has 0 aromatic heterocycles. The number of hydrogen-bond acceptors (Lipinski definition) is 2. The van der Waals surface area contributed by atoms with Gasteiger partial charge in [0.25, 0.3) is 5.91 Å². The highest BCUT2D eigenvalue weighted by atomic mass is 79.9. The van der Waals surface area contributed by atoms with Crippen molar-refractivity contribution in [3.05, 3.63) is 28.2 Å². The first-order chi connectivity index (χ1) is 8.61. The van der Waals surface area contributed by atoms with Crippen molar-refractivity contribution < 1.29 is 18.0 Å². The van der Waals surface area contributed by atoms with E-state index in [1.165, 1.54) is 26.0 Å². The highest BCUT2D eigenvalue weighted by Gasteiger charge is 2.35. The highest BCUT2D eigenvalue weighted by Crippen LogP contribution is 2.24. The van der Waals surface area contributed by atoms with Gasteiger partial charge in [0.1, 0.15) is 6.54 Å². The fourth-order valence-electron chi connectivity index (χ4n) is 1.57. The maximum atomic E-state index is 12.5. The van der Waals surface area contributed by atoms with Crippen LogP contribution in [0.15, 0.2) is 22.7 Å². The lowest BCUT2D eigenvalue weighted by Gasteiger charge is -2.28. The Morgan fingerprint density at radius 3 is 2.42 bits per heavy atom. The van der Waals surface area contributed by atoms with Crippen LogP contribution in [0.5, 0.6) is 0 Å². The first-order valence-electron chi connectivity index (χ1n) is 5.54. The van der Waals surface area contributed by atoms with Crippen LogP contribution in [0, 0.1) is 0 Å². The molecule has 0 saturated carbocycles. The Kier molecular flexibility index (Phi) is 4.84. The van der Waals surface area contributed by atoms with Crippen molar-refractivity contribution in [2.75, 3.05) is 12.3 Å². The summed E-state index contributed by atoms with van der Waals surface area (Å²) in [5.41, 5.74) is 5.88. The second-order valence-electron chi connectivity index (χ2n) is 4.37. The molecule has 106 valence electrons. The lowest BCUT2D eigenvalue weighted by atomic mass is 10.1. The standard InChI is InChI=1S/C12H14BrF3N2O/c1-7(2)18(6-12(14,15)16)11(19)9-4-3-8(13)5-10(9)17/h3-5,7H,6,17H2,1-2H3. The fraction of sp³-hybridized carbons (Fsp3) is 0.417. The van der Waals surface area contributed by atoms with Crippen molar-refractivity contribution in [3.8, 4) is 0 Å². The summed E-state index contributed by atoms with van der Waals surface area (Å²) in [6, 6.07) is 3.89. The van der Waals surface area contributed by atoms with Gasteiger partial charge in [-0.3, -0.25) is 4.79 Å². The molecule has 0 aliphatic heterocycles. The molecule has 0 radical (unpaired) electrons. The van der Waals surface area contributed by atoms with Crippen LogP contribution in [0.2, 0.25) is 0 Å². The Hall–Kier alpha value is -1.24. The van der Waals surface area contributed by atoms with Gasteiger partial charge in [0.15, 0.2) is 0 Å². The molecule has 0 saturated heterocycles. The normalized spacial score (nSPS) is 11.7. The minimum atomic E-state index is -4.44. The number of carbonyl (C=O) groups is 1. The number of nitrogens with zero attached hydrogens (tertiary/aromatic N) is 1. The molecule has 3 nitrogen and oxygen atoms in total. The first-order valence-corrected chi connectivity index (χ1v) is 6.34. The van der Waals surface area contributed by atoms with Crippen molar-refractivity contribution in [2.45, 2.75) is 26.1 Å². The van der Waals surface area contributed by atoms with Crippen molar-refractivity contribution >= 4 is 27.5 Å². The van der Waals surface area contributed by atoms with Gasteiger partial charge in [0.2, 0.25) is 0 Å². The SMILES string of the molecule is CC(C)N(CC(F)(F)F)C(=O)c1ccc(Br)cc1N. The van der Waals surface area contributed by atoms with Crippen molar-refractivity contribution in [1.82, 2.24) is 4.90 Å². The molecule has 1 aromatic rings. The maximum Gasteiger partial charge on any atom is 0.406 e. The molecular weight excluding hydrogens is 325 g/mol. The summed E-state index contributed by atoms with van der Waals surface area (Å²) in [7, 11) is 0. The number of halogens is 4. The van der Waals surface area contributed by atoms with E-state index in [0.29, 0.717) is 4.47 Å². The molecular formula is C12H14BrF3N2O. The Balaban J connectivity index is 3.06. The third-order valence-corrected chi connectivity index (χ3v) is 2.97. The predicted octanol–water partition coefficient (Wildman–Crippen LogP) is 3.44. The Morgan fingerprint density at radius 1 is 1.42 bits per heavy atom. The van der Waals surface area contributed by atoms with E-state index in [9.17, 15) is 18.0 Å². The third kappa shape index (κ3) is 4.41. The Bertz CT molecular complexity index is 475. The third-order valence-electron chi connectivity index (χ3n) is 2.48. The molecule has 1 amide bonds. The summed E-state index contributed by atoms with van der Waals surface area (Å²) < 4.78 is 38.1. The molecule has 0 bridgehead atoms. The minimum absolute atomic E-state index is 0.0705. The van der Waals surface area contributed by atoms with Gasteiger partial charge in [-0.05, 0) is 32.0 Å². The van der Waals surface area contributed by atoms with Crippen molar-refractivity contribution in [2.24, 2.45) is 0 Å². The van der Waals surface area contributed by atoms with Gasteiger partial charge in [-0.1, -0.05) is 15.9 Å². The lowest BCUT2D eigenvalue weighted by Crippen LogP contribution is -2.43. The smallest absolute Gasteiger partial charge is 0.398 e. The molecule has 0 aliphatic rings. The Labute approximate surface area is 117 Å². The molecule has 1 aromatic carbocycles. The molecule has 19 heavy (non-hydrogen) atoms. The van der Waals surface area contributed by atoms with Gasteiger partial charge >= 0.3 is 6.18 Å². The molecule has 0 aliphatic carbocycles. The lowest BCUT2D eigenvalue weighted by molar-refractivity contribution is -0.143. The number of nitrogens with two attached hydrogens (primary N) is 1.